The fraction of sp³-hybridized carbons (Fsp3) is 0.235. The molecule has 3 rings (SSSR count). The minimum absolute atomic E-state index is 0.516. The van der Waals surface area contributed by atoms with Crippen LogP contribution in [0.2, 0.25) is 0 Å². The molecule has 1 unspecified atom stereocenters. The van der Waals surface area contributed by atoms with Crippen LogP contribution in [0.3, 0.4) is 0 Å². The van der Waals surface area contributed by atoms with Gasteiger partial charge in [-0.1, -0.05) is 30.3 Å². The zero-order valence-electron chi connectivity index (χ0n) is 11.4. The Balaban J connectivity index is 1.76. The number of ether oxygens (including phenoxy) is 1. The number of nitriles is 1. The lowest BCUT2D eigenvalue weighted by Crippen LogP contribution is -2.24. The molecule has 0 heterocycles. The third-order valence-electron chi connectivity index (χ3n) is 3.85. The number of nitrogens with zero attached hydrogens (tertiary/aromatic N) is 1. The Bertz CT molecular complexity index is 673. The Hall–Kier alpha value is -2.47. The zero-order valence-corrected chi connectivity index (χ0v) is 11.4. The normalized spacial score (nSPS) is 15.7. The highest BCUT2D eigenvalue weighted by Crippen LogP contribution is 2.36. The standard InChI is InChI=1S/C17H16N2O/c1-20-16-8-4-6-13(10-18)17(16)19-11-14-9-12-5-2-3-7-15(12)14/h2-8,14,19H,9,11H2,1H3. The van der Waals surface area contributed by atoms with Crippen molar-refractivity contribution >= 4 is 5.69 Å². The summed E-state index contributed by atoms with van der Waals surface area (Å²) < 4.78 is 5.33. The van der Waals surface area contributed by atoms with Gasteiger partial charge in [-0.05, 0) is 29.7 Å². The summed E-state index contributed by atoms with van der Waals surface area (Å²) in [5.74, 6) is 1.24. The quantitative estimate of drug-likeness (QED) is 0.921. The van der Waals surface area contributed by atoms with Crippen LogP contribution in [-0.4, -0.2) is 13.7 Å². The van der Waals surface area contributed by atoms with Crippen molar-refractivity contribution in [1.82, 2.24) is 0 Å². The lowest BCUT2D eigenvalue weighted by Gasteiger charge is -2.30. The molecule has 1 N–H and O–H groups in total. The smallest absolute Gasteiger partial charge is 0.143 e. The highest BCUT2D eigenvalue weighted by Gasteiger charge is 2.25. The molecule has 0 aliphatic heterocycles. The van der Waals surface area contributed by atoms with Crippen LogP contribution in [0.5, 0.6) is 5.75 Å². The van der Waals surface area contributed by atoms with Gasteiger partial charge in [0, 0.05) is 12.5 Å². The zero-order chi connectivity index (χ0) is 13.9. The monoisotopic (exact) mass is 264 g/mol. The summed E-state index contributed by atoms with van der Waals surface area (Å²) in [6, 6.07) is 16.2. The molecule has 0 radical (unpaired) electrons. The van der Waals surface area contributed by atoms with E-state index in [1.54, 1.807) is 13.2 Å². The number of para-hydroxylation sites is 1. The molecule has 2 aromatic carbocycles. The van der Waals surface area contributed by atoms with E-state index in [4.69, 9.17) is 4.74 Å². The molecule has 20 heavy (non-hydrogen) atoms. The molecule has 100 valence electrons. The Morgan fingerprint density at radius 2 is 2.10 bits per heavy atom. The number of anilines is 1. The third-order valence-corrected chi connectivity index (χ3v) is 3.85. The van der Waals surface area contributed by atoms with E-state index in [0.29, 0.717) is 11.5 Å². The van der Waals surface area contributed by atoms with Crippen LogP contribution >= 0.6 is 0 Å². The third kappa shape index (κ3) is 2.10. The summed E-state index contributed by atoms with van der Waals surface area (Å²) in [6.45, 7) is 0.825. The van der Waals surface area contributed by atoms with Crippen LogP contribution < -0.4 is 10.1 Å². The maximum absolute atomic E-state index is 9.19. The SMILES string of the molecule is COc1cccc(C#N)c1NCC1Cc2ccccc21. The molecule has 0 spiro atoms. The van der Waals surface area contributed by atoms with Gasteiger partial charge in [-0.25, -0.2) is 0 Å². The summed E-state index contributed by atoms with van der Waals surface area (Å²) in [4.78, 5) is 0. The van der Waals surface area contributed by atoms with Crippen molar-refractivity contribution in [3.8, 4) is 11.8 Å². The summed E-state index contributed by atoms with van der Waals surface area (Å²) in [5.41, 5.74) is 4.26. The van der Waals surface area contributed by atoms with E-state index in [2.05, 4.69) is 35.7 Å². The van der Waals surface area contributed by atoms with Crippen molar-refractivity contribution in [2.45, 2.75) is 12.3 Å². The van der Waals surface area contributed by atoms with Crippen molar-refractivity contribution < 1.29 is 4.74 Å². The minimum atomic E-state index is 0.516. The van der Waals surface area contributed by atoms with Crippen molar-refractivity contribution in [3.05, 3.63) is 59.2 Å². The van der Waals surface area contributed by atoms with Crippen molar-refractivity contribution in [2.24, 2.45) is 0 Å². The molecule has 3 nitrogen and oxygen atoms in total. The second-order valence-electron chi connectivity index (χ2n) is 4.98. The molecule has 0 saturated carbocycles. The molecule has 1 atom stereocenters. The highest BCUT2D eigenvalue weighted by atomic mass is 16.5. The summed E-state index contributed by atoms with van der Waals surface area (Å²) >= 11 is 0. The minimum Gasteiger partial charge on any atom is -0.495 e. The summed E-state index contributed by atoms with van der Waals surface area (Å²) in [5, 5.41) is 12.6. The molecule has 0 fully saturated rings. The lowest BCUT2D eigenvalue weighted by atomic mass is 9.77. The Morgan fingerprint density at radius 1 is 1.25 bits per heavy atom. The van der Waals surface area contributed by atoms with Gasteiger partial charge in [-0.3, -0.25) is 0 Å². The van der Waals surface area contributed by atoms with E-state index in [-0.39, 0.29) is 0 Å². The highest BCUT2D eigenvalue weighted by molar-refractivity contribution is 5.66. The predicted molar refractivity (Wildman–Crippen MR) is 79.1 cm³/mol. The molecule has 0 saturated heterocycles. The maximum atomic E-state index is 9.19. The molecule has 2 aromatic rings. The molecular formula is C17H16N2O. The largest absolute Gasteiger partial charge is 0.495 e. The predicted octanol–water partition coefficient (Wildman–Crippen LogP) is 3.32. The van der Waals surface area contributed by atoms with Crippen molar-refractivity contribution in [2.75, 3.05) is 19.0 Å². The second kappa shape index (κ2) is 5.26. The van der Waals surface area contributed by atoms with Crippen LogP contribution in [0.1, 0.15) is 22.6 Å². The number of hydrogen-bond acceptors (Lipinski definition) is 3. The maximum Gasteiger partial charge on any atom is 0.143 e. The van der Waals surface area contributed by atoms with Crippen molar-refractivity contribution in [1.29, 1.82) is 5.26 Å². The molecule has 1 aliphatic rings. The summed E-state index contributed by atoms with van der Waals surface area (Å²) in [6.07, 6.45) is 1.10. The molecule has 0 bridgehead atoms. The van der Waals surface area contributed by atoms with E-state index < -0.39 is 0 Å². The van der Waals surface area contributed by atoms with Gasteiger partial charge in [0.15, 0.2) is 0 Å². The average molecular weight is 264 g/mol. The number of fused-ring (bicyclic) bond motifs is 1. The number of methoxy groups -OCH3 is 1. The first-order valence-electron chi connectivity index (χ1n) is 6.72. The van der Waals surface area contributed by atoms with E-state index in [0.717, 1.165) is 24.4 Å². The number of hydrogen-bond donors (Lipinski definition) is 1. The molecular weight excluding hydrogens is 248 g/mol. The Kier molecular flexibility index (Phi) is 3.30. The fourth-order valence-electron chi connectivity index (χ4n) is 2.75. The lowest BCUT2D eigenvalue weighted by molar-refractivity contribution is 0.416. The topological polar surface area (TPSA) is 45.0 Å². The van der Waals surface area contributed by atoms with Crippen molar-refractivity contribution in [3.63, 3.8) is 0 Å². The molecule has 3 heteroatoms. The van der Waals surface area contributed by atoms with Crippen LogP contribution in [0, 0.1) is 11.3 Å². The van der Waals surface area contributed by atoms with Gasteiger partial charge in [0.2, 0.25) is 0 Å². The van der Waals surface area contributed by atoms with E-state index in [1.165, 1.54) is 11.1 Å². The van der Waals surface area contributed by atoms with E-state index >= 15 is 0 Å². The van der Waals surface area contributed by atoms with Gasteiger partial charge in [-0.15, -0.1) is 0 Å². The number of nitrogens with one attached hydrogen (secondary N) is 1. The number of benzene rings is 2. The first-order valence-corrected chi connectivity index (χ1v) is 6.72. The fourth-order valence-corrected chi connectivity index (χ4v) is 2.75. The van der Waals surface area contributed by atoms with Crippen LogP contribution in [-0.2, 0) is 6.42 Å². The Labute approximate surface area is 118 Å². The van der Waals surface area contributed by atoms with Crippen LogP contribution in [0.15, 0.2) is 42.5 Å². The average Bonchev–Trinajstić information content (AvgIpc) is 2.48. The first-order chi connectivity index (χ1) is 9.83. The van der Waals surface area contributed by atoms with Gasteiger partial charge >= 0.3 is 0 Å². The Morgan fingerprint density at radius 3 is 2.85 bits per heavy atom. The van der Waals surface area contributed by atoms with Gasteiger partial charge in [-0.2, -0.15) is 5.26 Å². The molecule has 1 aliphatic carbocycles. The van der Waals surface area contributed by atoms with Gasteiger partial charge in [0.25, 0.3) is 0 Å². The first kappa shape index (κ1) is 12.6. The van der Waals surface area contributed by atoms with Gasteiger partial charge in [0.1, 0.15) is 11.8 Å². The second-order valence-corrected chi connectivity index (χ2v) is 4.98. The van der Waals surface area contributed by atoms with Gasteiger partial charge < -0.3 is 10.1 Å². The van der Waals surface area contributed by atoms with Crippen LogP contribution in [0.25, 0.3) is 0 Å². The van der Waals surface area contributed by atoms with Gasteiger partial charge in [0.05, 0.1) is 18.4 Å². The van der Waals surface area contributed by atoms with E-state index in [1.807, 2.05) is 12.1 Å². The van der Waals surface area contributed by atoms with E-state index in [9.17, 15) is 5.26 Å². The summed E-state index contributed by atoms with van der Waals surface area (Å²) in [7, 11) is 1.63. The number of rotatable bonds is 4. The molecule has 0 amide bonds. The van der Waals surface area contributed by atoms with Crippen LogP contribution in [0.4, 0.5) is 5.69 Å². The molecule has 0 aromatic heterocycles.